The molecule has 2 rings (SSSR count). The molecule has 0 fully saturated rings. The molecule has 0 atom stereocenters. The highest BCUT2D eigenvalue weighted by Gasteiger charge is 2.13. The summed E-state index contributed by atoms with van der Waals surface area (Å²) in [5.41, 5.74) is 3.98. The molecule has 0 spiro atoms. The van der Waals surface area contributed by atoms with Crippen molar-refractivity contribution < 1.29 is 9.59 Å². The molecule has 55 heavy (non-hydrogen) atoms. The molecule has 312 valence electrons. The van der Waals surface area contributed by atoms with Gasteiger partial charge in [0.05, 0.1) is 13.1 Å². The molecule has 6 heteroatoms. The third-order valence-corrected chi connectivity index (χ3v) is 10.9. The lowest BCUT2D eigenvalue weighted by Gasteiger charge is -2.22. The minimum absolute atomic E-state index is 0.0702. The maximum absolute atomic E-state index is 13.3. The number of hydrogen-bond donors (Lipinski definition) is 2. The number of anilines is 2. The Morgan fingerprint density at radius 2 is 0.709 bits per heavy atom. The number of carbonyl (C=O) groups excluding carboxylic acids is 2. The van der Waals surface area contributed by atoms with E-state index >= 15 is 0 Å². The Labute approximate surface area is 339 Å². The summed E-state index contributed by atoms with van der Waals surface area (Å²) in [6.45, 7) is 13.9. The highest BCUT2D eigenvalue weighted by atomic mass is 16.2. The molecule has 0 saturated heterocycles. The Hall–Kier alpha value is -2.70. The predicted molar refractivity (Wildman–Crippen MR) is 239 cm³/mol. The lowest BCUT2D eigenvalue weighted by Crippen LogP contribution is -2.34. The fourth-order valence-corrected chi connectivity index (χ4v) is 7.56. The van der Waals surface area contributed by atoms with Crippen molar-refractivity contribution in [3.05, 3.63) is 59.7 Å². The first kappa shape index (κ1) is 48.4. The van der Waals surface area contributed by atoms with E-state index in [1.54, 1.807) is 0 Å². The number of benzene rings is 2. The van der Waals surface area contributed by atoms with Crippen LogP contribution < -0.4 is 10.6 Å². The first-order valence-corrected chi connectivity index (χ1v) is 23.2. The average molecular weight is 761 g/mol. The van der Waals surface area contributed by atoms with Crippen molar-refractivity contribution in [3.8, 4) is 0 Å². The molecule has 0 aliphatic rings. The standard InChI is InChI=1S/C49H84N4O2/c1-5-9-13-17-21-25-35-52(36-26-22-18-14-10-6-2)42-48(54)50-46-33-29-31-44(40-46)39-45-32-30-34-47(41-45)51-49(55)43-53(37-27-23-19-15-11-7-3)38-28-24-20-16-12-8-4/h29-34,40-41H,5-28,35-39,42-43H2,1-4H3,(H,50,54)(H,51,55). The minimum atomic E-state index is 0.0702. The molecule has 0 radical (unpaired) electrons. The van der Waals surface area contributed by atoms with E-state index in [9.17, 15) is 9.59 Å². The molecule has 2 amide bonds. The zero-order valence-corrected chi connectivity index (χ0v) is 36.3. The third kappa shape index (κ3) is 26.0. The van der Waals surface area contributed by atoms with Gasteiger partial charge in [0, 0.05) is 11.4 Å². The van der Waals surface area contributed by atoms with Crippen LogP contribution in [0.3, 0.4) is 0 Å². The molecule has 0 aliphatic heterocycles. The van der Waals surface area contributed by atoms with E-state index in [0.29, 0.717) is 13.1 Å². The average Bonchev–Trinajstić information content (AvgIpc) is 3.17. The topological polar surface area (TPSA) is 64.7 Å². The summed E-state index contributed by atoms with van der Waals surface area (Å²) in [4.78, 5) is 31.3. The summed E-state index contributed by atoms with van der Waals surface area (Å²) < 4.78 is 0. The van der Waals surface area contributed by atoms with Crippen molar-refractivity contribution in [1.29, 1.82) is 0 Å². The van der Waals surface area contributed by atoms with Gasteiger partial charge in [0.1, 0.15) is 0 Å². The molecule has 2 aromatic rings. The van der Waals surface area contributed by atoms with Crippen LogP contribution in [0.15, 0.2) is 48.5 Å². The van der Waals surface area contributed by atoms with E-state index in [4.69, 9.17) is 0 Å². The van der Waals surface area contributed by atoms with Crippen LogP contribution in [0.25, 0.3) is 0 Å². The SMILES string of the molecule is CCCCCCCCN(CCCCCCCC)CC(=O)Nc1cccc(Cc2cccc(NC(=O)CN(CCCCCCCC)CCCCCCCC)c2)c1. The smallest absolute Gasteiger partial charge is 0.238 e. The van der Waals surface area contributed by atoms with E-state index in [2.05, 4.69) is 72.4 Å². The van der Waals surface area contributed by atoms with Crippen LogP contribution in [0, 0.1) is 0 Å². The Morgan fingerprint density at radius 1 is 0.418 bits per heavy atom. The van der Waals surface area contributed by atoms with Crippen molar-refractivity contribution in [2.24, 2.45) is 0 Å². The number of carbonyl (C=O) groups is 2. The fraction of sp³-hybridized carbons (Fsp3) is 0.714. The van der Waals surface area contributed by atoms with Crippen molar-refractivity contribution in [2.75, 3.05) is 49.9 Å². The molecule has 2 aromatic carbocycles. The van der Waals surface area contributed by atoms with Gasteiger partial charge < -0.3 is 10.6 Å². The second-order valence-corrected chi connectivity index (χ2v) is 16.3. The maximum atomic E-state index is 13.3. The number of amides is 2. The molecule has 0 unspecified atom stereocenters. The van der Waals surface area contributed by atoms with Gasteiger partial charge in [0.2, 0.25) is 11.8 Å². The van der Waals surface area contributed by atoms with Crippen LogP contribution in [0.2, 0.25) is 0 Å². The molecule has 0 saturated carbocycles. The quantitative estimate of drug-likeness (QED) is 0.0679. The molecular formula is C49H84N4O2. The van der Waals surface area contributed by atoms with Gasteiger partial charge in [-0.05, 0) is 93.7 Å². The van der Waals surface area contributed by atoms with Crippen LogP contribution in [0.1, 0.15) is 193 Å². The summed E-state index contributed by atoms with van der Waals surface area (Å²) in [5, 5.41) is 6.41. The normalized spacial score (nSPS) is 11.5. The Morgan fingerprint density at radius 3 is 1.02 bits per heavy atom. The van der Waals surface area contributed by atoms with E-state index in [0.717, 1.165) is 55.1 Å². The van der Waals surface area contributed by atoms with Gasteiger partial charge in [-0.3, -0.25) is 19.4 Å². The van der Waals surface area contributed by atoms with Gasteiger partial charge in [-0.2, -0.15) is 0 Å². The molecule has 0 bridgehead atoms. The van der Waals surface area contributed by atoms with Crippen molar-refractivity contribution in [3.63, 3.8) is 0 Å². The Kier molecular flexibility index (Phi) is 29.5. The lowest BCUT2D eigenvalue weighted by atomic mass is 10.0. The van der Waals surface area contributed by atoms with Crippen LogP contribution in [-0.2, 0) is 16.0 Å². The molecule has 0 aromatic heterocycles. The molecule has 2 N–H and O–H groups in total. The lowest BCUT2D eigenvalue weighted by molar-refractivity contribution is -0.118. The zero-order valence-electron chi connectivity index (χ0n) is 36.3. The molecular weight excluding hydrogens is 677 g/mol. The predicted octanol–water partition coefficient (Wildman–Crippen LogP) is 13.2. The Bertz CT molecular complexity index is 1110. The van der Waals surface area contributed by atoms with E-state index in [1.807, 2.05) is 24.3 Å². The third-order valence-electron chi connectivity index (χ3n) is 10.9. The van der Waals surface area contributed by atoms with E-state index in [1.165, 1.54) is 154 Å². The number of nitrogens with one attached hydrogen (secondary N) is 2. The number of unbranched alkanes of at least 4 members (excludes halogenated alkanes) is 20. The second kappa shape index (κ2) is 33.4. The molecule has 0 aliphatic carbocycles. The van der Waals surface area contributed by atoms with Gasteiger partial charge in [-0.25, -0.2) is 0 Å². The minimum Gasteiger partial charge on any atom is -0.325 e. The van der Waals surface area contributed by atoms with Crippen molar-refractivity contribution in [2.45, 2.75) is 188 Å². The maximum Gasteiger partial charge on any atom is 0.238 e. The van der Waals surface area contributed by atoms with Crippen molar-refractivity contribution in [1.82, 2.24) is 9.80 Å². The van der Waals surface area contributed by atoms with Gasteiger partial charge in [0.25, 0.3) is 0 Å². The van der Waals surface area contributed by atoms with Crippen LogP contribution >= 0.6 is 0 Å². The summed E-state index contributed by atoms with van der Waals surface area (Å²) in [6.07, 6.45) is 31.2. The fourth-order valence-electron chi connectivity index (χ4n) is 7.56. The van der Waals surface area contributed by atoms with Crippen molar-refractivity contribution >= 4 is 23.2 Å². The summed E-state index contributed by atoms with van der Waals surface area (Å²) in [5.74, 6) is 0.140. The summed E-state index contributed by atoms with van der Waals surface area (Å²) in [7, 11) is 0. The highest BCUT2D eigenvalue weighted by Crippen LogP contribution is 2.19. The first-order valence-electron chi connectivity index (χ1n) is 23.2. The van der Waals surface area contributed by atoms with Gasteiger partial charge in [-0.1, -0.05) is 180 Å². The highest BCUT2D eigenvalue weighted by molar-refractivity contribution is 5.93. The molecule has 0 heterocycles. The van der Waals surface area contributed by atoms with Crippen LogP contribution in [-0.4, -0.2) is 60.9 Å². The molecule has 6 nitrogen and oxygen atoms in total. The second-order valence-electron chi connectivity index (χ2n) is 16.3. The number of nitrogens with zero attached hydrogens (tertiary/aromatic N) is 2. The monoisotopic (exact) mass is 761 g/mol. The first-order chi connectivity index (χ1) is 27.0. The Balaban J connectivity index is 1.92. The van der Waals surface area contributed by atoms with Crippen LogP contribution in [0.5, 0.6) is 0 Å². The van der Waals surface area contributed by atoms with Gasteiger partial charge in [0.15, 0.2) is 0 Å². The summed E-state index contributed by atoms with van der Waals surface area (Å²) in [6, 6.07) is 16.5. The van der Waals surface area contributed by atoms with Gasteiger partial charge >= 0.3 is 0 Å². The van der Waals surface area contributed by atoms with E-state index in [-0.39, 0.29) is 11.8 Å². The van der Waals surface area contributed by atoms with E-state index < -0.39 is 0 Å². The van der Waals surface area contributed by atoms with Crippen LogP contribution in [0.4, 0.5) is 11.4 Å². The summed E-state index contributed by atoms with van der Waals surface area (Å²) >= 11 is 0. The zero-order chi connectivity index (χ0) is 39.6. The largest absolute Gasteiger partial charge is 0.325 e. The number of rotatable bonds is 36. The van der Waals surface area contributed by atoms with Gasteiger partial charge in [-0.15, -0.1) is 0 Å². The number of hydrogen-bond acceptors (Lipinski definition) is 4.